The molecule has 0 aromatic heterocycles. The fourth-order valence-corrected chi connectivity index (χ4v) is 3.11. The Morgan fingerprint density at radius 2 is 2.04 bits per heavy atom. The van der Waals surface area contributed by atoms with Crippen molar-refractivity contribution in [1.82, 2.24) is 0 Å². The van der Waals surface area contributed by atoms with Crippen molar-refractivity contribution in [3.63, 3.8) is 0 Å². The van der Waals surface area contributed by atoms with Crippen LogP contribution in [0.4, 0.5) is 16.2 Å². The summed E-state index contributed by atoms with van der Waals surface area (Å²) in [6.07, 6.45) is 2.84. The summed E-state index contributed by atoms with van der Waals surface area (Å²) in [6.45, 7) is 4.25. The zero-order valence-corrected chi connectivity index (χ0v) is 14.5. The van der Waals surface area contributed by atoms with E-state index in [-0.39, 0.29) is 0 Å². The van der Waals surface area contributed by atoms with E-state index in [2.05, 4.69) is 23.2 Å². The van der Waals surface area contributed by atoms with Crippen molar-refractivity contribution in [1.29, 1.82) is 0 Å². The molecule has 1 amide bonds. The molecule has 1 N–H and O–H groups in total. The summed E-state index contributed by atoms with van der Waals surface area (Å²) < 4.78 is 5.43. The number of carbonyl (C=O) groups excluding carboxylic acids is 1. The third-order valence-corrected chi connectivity index (χ3v) is 4.32. The summed E-state index contributed by atoms with van der Waals surface area (Å²) >= 11 is 5.84. The molecular formula is C19H21ClN2O2. The van der Waals surface area contributed by atoms with Crippen LogP contribution in [0.2, 0.25) is 5.02 Å². The van der Waals surface area contributed by atoms with Gasteiger partial charge in [0.25, 0.3) is 0 Å². The van der Waals surface area contributed by atoms with Gasteiger partial charge in [0, 0.05) is 35.6 Å². The van der Waals surface area contributed by atoms with Crippen LogP contribution < -0.4 is 15.0 Å². The molecule has 0 bridgehead atoms. The second-order valence-corrected chi connectivity index (χ2v) is 6.34. The first-order valence-electron chi connectivity index (χ1n) is 8.28. The van der Waals surface area contributed by atoms with Crippen molar-refractivity contribution >= 4 is 29.1 Å². The van der Waals surface area contributed by atoms with Crippen LogP contribution in [-0.2, 0) is 6.42 Å². The molecule has 0 atom stereocenters. The van der Waals surface area contributed by atoms with Crippen molar-refractivity contribution in [3.05, 3.63) is 53.1 Å². The Labute approximate surface area is 147 Å². The maximum absolute atomic E-state index is 12.1. The highest BCUT2D eigenvalue weighted by atomic mass is 35.5. The third-order valence-electron chi connectivity index (χ3n) is 4.07. The Kier molecular flexibility index (Phi) is 5.26. The van der Waals surface area contributed by atoms with Crippen LogP contribution in [-0.4, -0.2) is 19.2 Å². The maximum atomic E-state index is 12.1. The summed E-state index contributed by atoms with van der Waals surface area (Å²) in [4.78, 5) is 14.4. The van der Waals surface area contributed by atoms with E-state index in [1.54, 1.807) is 24.3 Å². The quantitative estimate of drug-likeness (QED) is 0.837. The summed E-state index contributed by atoms with van der Waals surface area (Å²) in [6, 6.07) is 12.8. The van der Waals surface area contributed by atoms with Gasteiger partial charge in [-0.2, -0.15) is 0 Å². The van der Waals surface area contributed by atoms with Gasteiger partial charge in [0.05, 0.1) is 0 Å². The van der Waals surface area contributed by atoms with Gasteiger partial charge in [-0.15, -0.1) is 0 Å². The number of fused-ring (bicyclic) bond motifs is 1. The van der Waals surface area contributed by atoms with Crippen LogP contribution >= 0.6 is 11.6 Å². The van der Waals surface area contributed by atoms with Gasteiger partial charge >= 0.3 is 6.09 Å². The van der Waals surface area contributed by atoms with E-state index < -0.39 is 6.09 Å². The third kappa shape index (κ3) is 4.01. The van der Waals surface area contributed by atoms with Gasteiger partial charge in [0.15, 0.2) is 0 Å². The first-order chi connectivity index (χ1) is 11.7. The van der Waals surface area contributed by atoms with E-state index in [1.165, 1.54) is 17.7 Å². The van der Waals surface area contributed by atoms with Gasteiger partial charge in [-0.3, -0.25) is 5.32 Å². The summed E-state index contributed by atoms with van der Waals surface area (Å²) in [5.74, 6) is 0.559. The Morgan fingerprint density at radius 3 is 2.79 bits per heavy atom. The first-order valence-corrected chi connectivity index (χ1v) is 8.66. The minimum absolute atomic E-state index is 0.505. The summed E-state index contributed by atoms with van der Waals surface area (Å²) in [7, 11) is 0. The number of nitrogens with zero attached hydrogens (tertiary/aromatic N) is 1. The predicted molar refractivity (Wildman–Crippen MR) is 98.4 cm³/mol. The molecular weight excluding hydrogens is 324 g/mol. The van der Waals surface area contributed by atoms with Gasteiger partial charge in [-0.1, -0.05) is 24.6 Å². The molecule has 126 valence electrons. The van der Waals surface area contributed by atoms with Gasteiger partial charge in [-0.05, 0) is 55.2 Å². The number of halogens is 1. The number of nitrogens with one attached hydrogen (secondary N) is 1. The highest BCUT2D eigenvalue weighted by Crippen LogP contribution is 2.31. The molecule has 3 rings (SSSR count). The monoisotopic (exact) mass is 344 g/mol. The number of hydrogen-bond acceptors (Lipinski definition) is 3. The molecule has 24 heavy (non-hydrogen) atoms. The number of amides is 1. The van der Waals surface area contributed by atoms with Crippen LogP contribution in [0.25, 0.3) is 0 Å². The molecule has 0 radical (unpaired) electrons. The Balaban J connectivity index is 1.70. The molecule has 5 heteroatoms. The SMILES string of the molecule is CCCN1CCCc2ccc(OC(=O)Nc3ccc(Cl)cc3)cc21. The normalized spacial score (nSPS) is 13.3. The average Bonchev–Trinajstić information content (AvgIpc) is 2.58. The van der Waals surface area contributed by atoms with Crippen LogP contribution in [0.15, 0.2) is 42.5 Å². The molecule has 1 aliphatic rings. The minimum Gasteiger partial charge on any atom is -0.410 e. The zero-order chi connectivity index (χ0) is 16.9. The Bertz CT molecular complexity index is 716. The number of rotatable bonds is 4. The summed E-state index contributed by atoms with van der Waals surface area (Å²) in [5, 5.41) is 3.33. The van der Waals surface area contributed by atoms with Crippen LogP contribution in [0, 0.1) is 0 Å². The minimum atomic E-state index is -0.505. The lowest BCUT2D eigenvalue weighted by Gasteiger charge is -2.31. The summed E-state index contributed by atoms with van der Waals surface area (Å²) in [5.41, 5.74) is 3.15. The van der Waals surface area contributed by atoms with Crippen molar-refractivity contribution in [2.24, 2.45) is 0 Å². The van der Waals surface area contributed by atoms with E-state index in [9.17, 15) is 4.79 Å². The second kappa shape index (κ2) is 7.58. The van der Waals surface area contributed by atoms with Crippen LogP contribution in [0.5, 0.6) is 5.75 Å². The van der Waals surface area contributed by atoms with Crippen LogP contribution in [0.1, 0.15) is 25.3 Å². The molecule has 0 saturated heterocycles. The van der Waals surface area contributed by atoms with E-state index in [0.29, 0.717) is 16.5 Å². The van der Waals surface area contributed by atoms with Gasteiger partial charge in [0.2, 0.25) is 0 Å². The van der Waals surface area contributed by atoms with E-state index in [4.69, 9.17) is 16.3 Å². The van der Waals surface area contributed by atoms with E-state index in [0.717, 1.165) is 25.9 Å². The molecule has 1 heterocycles. The molecule has 0 spiro atoms. The molecule has 2 aromatic rings. The molecule has 4 nitrogen and oxygen atoms in total. The Morgan fingerprint density at radius 1 is 1.25 bits per heavy atom. The van der Waals surface area contributed by atoms with Crippen molar-refractivity contribution in [3.8, 4) is 5.75 Å². The molecule has 0 aliphatic carbocycles. The highest BCUT2D eigenvalue weighted by molar-refractivity contribution is 6.30. The van der Waals surface area contributed by atoms with Crippen LogP contribution in [0.3, 0.4) is 0 Å². The number of carbonyl (C=O) groups is 1. The van der Waals surface area contributed by atoms with Crippen molar-refractivity contribution < 1.29 is 9.53 Å². The van der Waals surface area contributed by atoms with Gasteiger partial charge in [-0.25, -0.2) is 4.79 Å². The average molecular weight is 345 g/mol. The van der Waals surface area contributed by atoms with E-state index in [1.807, 2.05) is 12.1 Å². The maximum Gasteiger partial charge on any atom is 0.417 e. The molecule has 2 aromatic carbocycles. The number of hydrogen-bond donors (Lipinski definition) is 1. The number of aryl methyl sites for hydroxylation is 1. The standard InChI is InChI=1S/C19H21ClN2O2/c1-2-11-22-12-3-4-14-5-10-17(13-18(14)22)24-19(23)21-16-8-6-15(20)7-9-16/h5-10,13H,2-4,11-12H2,1H3,(H,21,23). The zero-order valence-electron chi connectivity index (χ0n) is 13.7. The van der Waals surface area contributed by atoms with Crippen molar-refractivity contribution in [2.75, 3.05) is 23.3 Å². The van der Waals surface area contributed by atoms with Gasteiger partial charge < -0.3 is 9.64 Å². The predicted octanol–water partition coefficient (Wildman–Crippen LogP) is 5.11. The first kappa shape index (κ1) is 16.7. The van der Waals surface area contributed by atoms with Gasteiger partial charge in [0.1, 0.15) is 5.75 Å². The molecule has 1 aliphatic heterocycles. The molecule has 0 unspecified atom stereocenters. The second-order valence-electron chi connectivity index (χ2n) is 5.90. The largest absolute Gasteiger partial charge is 0.417 e. The van der Waals surface area contributed by atoms with E-state index >= 15 is 0 Å². The lowest BCUT2D eigenvalue weighted by molar-refractivity contribution is 0.215. The number of ether oxygens (including phenoxy) is 1. The van der Waals surface area contributed by atoms with Crippen molar-refractivity contribution in [2.45, 2.75) is 26.2 Å². The lowest BCUT2D eigenvalue weighted by Crippen LogP contribution is -2.30. The smallest absolute Gasteiger partial charge is 0.410 e. The Hall–Kier alpha value is -2.20. The fraction of sp³-hybridized carbons (Fsp3) is 0.316. The highest BCUT2D eigenvalue weighted by Gasteiger charge is 2.17. The lowest BCUT2D eigenvalue weighted by atomic mass is 10.0. The molecule has 0 saturated carbocycles. The topological polar surface area (TPSA) is 41.6 Å². The molecule has 0 fully saturated rings. The number of anilines is 2. The number of benzene rings is 2. The fourth-order valence-electron chi connectivity index (χ4n) is 2.98.